The van der Waals surface area contributed by atoms with Crippen LogP contribution < -0.4 is 4.74 Å². The number of nitriles is 1. The average molecular weight is 333 g/mol. The van der Waals surface area contributed by atoms with E-state index in [4.69, 9.17) is 10.00 Å². The molecular weight excluding hydrogens is 324 g/mol. The van der Waals surface area contributed by atoms with Crippen LogP contribution in [0.15, 0.2) is 40.9 Å². The van der Waals surface area contributed by atoms with Crippen LogP contribution in [0.5, 0.6) is 11.5 Å². The summed E-state index contributed by atoms with van der Waals surface area (Å²) in [6, 6.07) is 11.3. The molecule has 0 saturated heterocycles. The highest BCUT2D eigenvalue weighted by Crippen LogP contribution is 2.29. The van der Waals surface area contributed by atoms with E-state index in [2.05, 4.69) is 15.9 Å². The molecule has 0 aromatic heterocycles. The van der Waals surface area contributed by atoms with Gasteiger partial charge in [-0.3, -0.25) is 10.1 Å². The van der Waals surface area contributed by atoms with Gasteiger partial charge in [-0.15, -0.1) is 0 Å². The van der Waals surface area contributed by atoms with Gasteiger partial charge in [-0.2, -0.15) is 5.26 Å². The highest BCUT2D eigenvalue weighted by molar-refractivity contribution is 9.10. The molecule has 0 atom stereocenters. The van der Waals surface area contributed by atoms with Crippen LogP contribution in [-0.4, -0.2) is 4.92 Å². The molecular formula is C14H9BrN2O3. The van der Waals surface area contributed by atoms with Crippen LogP contribution in [0.4, 0.5) is 5.69 Å². The van der Waals surface area contributed by atoms with E-state index in [1.54, 1.807) is 12.1 Å². The van der Waals surface area contributed by atoms with E-state index in [0.717, 1.165) is 10.0 Å². The molecule has 0 saturated carbocycles. The van der Waals surface area contributed by atoms with E-state index in [1.165, 1.54) is 18.2 Å². The van der Waals surface area contributed by atoms with Crippen molar-refractivity contribution < 1.29 is 9.66 Å². The van der Waals surface area contributed by atoms with E-state index in [0.29, 0.717) is 11.5 Å². The number of nitrogens with zero attached hydrogens (tertiary/aromatic N) is 2. The van der Waals surface area contributed by atoms with Gasteiger partial charge in [0.05, 0.1) is 4.92 Å². The van der Waals surface area contributed by atoms with Crippen molar-refractivity contribution in [1.29, 1.82) is 5.26 Å². The van der Waals surface area contributed by atoms with Crippen molar-refractivity contribution >= 4 is 21.6 Å². The Morgan fingerprint density at radius 2 is 1.90 bits per heavy atom. The standard InChI is InChI=1S/C14H9BrN2O3/c1-9-6-11(2-4-13(9)15)20-12-3-5-14(17(18)19)10(7-12)8-16/h2-7H,1H3. The molecule has 0 fully saturated rings. The van der Waals surface area contributed by atoms with Crippen molar-refractivity contribution in [3.05, 3.63) is 62.1 Å². The van der Waals surface area contributed by atoms with Gasteiger partial charge >= 0.3 is 0 Å². The van der Waals surface area contributed by atoms with E-state index < -0.39 is 4.92 Å². The third-order valence-corrected chi connectivity index (χ3v) is 3.54. The Morgan fingerprint density at radius 3 is 2.50 bits per heavy atom. The summed E-state index contributed by atoms with van der Waals surface area (Å²) in [5.41, 5.74) is 0.748. The number of hydrogen-bond acceptors (Lipinski definition) is 4. The fourth-order valence-electron chi connectivity index (χ4n) is 1.64. The molecule has 6 heteroatoms. The van der Waals surface area contributed by atoms with Gasteiger partial charge in [-0.05, 0) is 36.8 Å². The predicted octanol–water partition coefficient (Wildman–Crippen LogP) is 4.33. The van der Waals surface area contributed by atoms with Crippen molar-refractivity contribution in [3.63, 3.8) is 0 Å². The number of benzene rings is 2. The Bertz CT molecular complexity index is 723. The molecule has 5 nitrogen and oxygen atoms in total. The third kappa shape index (κ3) is 2.95. The van der Waals surface area contributed by atoms with Gasteiger partial charge in [0.25, 0.3) is 5.69 Å². The Morgan fingerprint density at radius 1 is 1.25 bits per heavy atom. The maximum Gasteiger partial charge on any atom is 0.287 e. The SMILES string of the molecule is Cc1cc(Oc2ccc([N+](=O)[O-])c(C#N)c2)ccc1Br. The molecule has 2 aromatic rings. The lowest BCUT2D eigenvalue weighted by molar-refractivity contribution is -0.385. The molecule has 0 aliphatic carbocycles. The zero-order valence-corrected chi connectivity index (χ0v) is 12.0. The predicted molar refractivity (Wildman–Crippen MR) is 76.8 cm³/mol. The molecule has 0 amide bonds. The lowest BCUT2D eigenvalue weighted by Gasteiger charge is -2.07. The van der Waals surface area contributed by atoms with Crippen molar-refractivity contribution in [2.75, 3.05) is 0 Å². The van der Waals surface area contributed by atoms with E-state index in [-0.39, 0.29) is 11.3 Å². The summed E-state index contributed by atoms with van der Waals surface area (Å²) in [4.78, 5) is 10.1. The number of halogens is 1. The monoisotopic (exact) mass is 332 g/mol. The van der Waals surface area contributed by atoms with Crippen LogP contribution in [0.25, 0.3) is 0 Å². The van der Waals surface area contributed by atoms with E-state index in [1.807, 2.05) is 19.1 Å². The molecule has 0 aliphatic heterocycles. The van der Waals surface area contributed by atoms with E-state index in [9.17, 15) is 10.1 Å². The number of hydrogen-bond donors (Lipinski definition) is 0. The molecule has 2 aromatic carbocycles. The Hall–Kier alpha value is -2.39. The molecule has 0 radical (unpaired) electrons. The first-order valence-electron chi connectivity index (χ1n) is 5.64. The zero-order chi connectivity index (χ0) is 14.7. The normalized spacial score (nSPS) is 9.85. The quantitative estimate of drug-likeness (QED) is 0.619. The molecule has 20 heavy (non-hydrogen) atoms. The molecule has 100 valence electrons. The first kappa shape index (κ1) is 14.0. The first-order chi connectivity index (χ1) is 9.51. The zero-order valence-electron chi connectivity index (χ0n) is 10.5. The minimum absolute atomic E-state index is 0.0265. The number of nitro groups is 1. The molecule has 0 aliphatic rings. The highest BCUT2D eigenvalue weighted by atomic mass is 79.9. The number of ether oxygens (including phenoxy) is 1. The lowest BCUT2D eigenvalue weighted by Crippen LogP contribution is -1.93. The topological polar surface area (TPSA) is 76.2 Å². The second kappa shape index (κ2) is 5.72. The van der Waals surface area contributed by atoms with Gasteiger partial charge in [-0.25, -0.2) is 0 Å². The maximum atomic E-state index is 10.7. The minimum Gasteiger partial charge on any atom is -0.457 e. The van der Waals surface area contributed by atoms with Crippen molar-refractivity contribution in [3.8, 4) is 17.6 Å². The summed E-state index contributed by atoms with van der Waals surface area (Å²) in [5.74, 6) is 0.984. The fraction of sp³-hybridized carbons (Fsp3) is 0.0714. The van der Waals surface area contributed by atoms with Crippen molar-refractivity contribution in [2.24, 2.45) is 0 Å². The van der Waals surface area contributed by atoms with Crippen LogP contribution in [0.2, 0.25) is 0 Å². The van der Waals surface area contributed by atoms with Gasteiger partial charge in [-0.1, -0.05) is 15.9 Å². The van der Waals surface area contributed by atoms with Gasteiger partial charge in [0.15, 0.2) is 0 Å². The van der Waals surface area contributed by atoms with Crippen LogP contribution >= 0.6 is 15.9 Å². The lowest BCUT2D eigenvalue weighted by atomic mass is 10.2. The summed E-state index contributed by atoms with van der Waals surface area (Å²) in [5, 5.41) is 19.7. The van der Waals surface area contributed by atoms with Crippen LogP contribution in [0.3, 0.4) is 0 Å². The summed E-state index contributed by atoms with van der Waals surface area (Å²) < 4.78 is 6.56. The molecule has 0 unspecified atom stereocenters. The average Bonchev–Trinajstić information content (AvgIpc) is 2.42. The molecule has 0 spiro atoms. The summed E-state index contributed by atoms with van der Waals surface area (Å²) in [6.07, 6.45) is 0. The smallest absolute Gasteiger partial charge is 0.287 e. The number of nitro benzene ring substituents is 1. The minimum atomic E-state index is -0.591. The van der Waals surface area contributed by atoms with Gasteiger partial charge < -0.3 is 4.74 Å². The van der Waals surface area contributed by atoms with Gasteiger partial charge in [0.1, 0.15) is 23.1 Å². The van der Waals surface area contributed by atoms with Crippen molar-refractivity contribution in [1.82, 2.24) is 0 Å². The van der Waals surface area contributed by atoms with Gasteiger partial charge in [0, 0.05) is 16.6 Å². The van der Waals surface area contributed by atoms with Crippen LogP contribution in [0.1, 0.15) is 11.1 Å². The van der Waals surface area contributed by atoms with Gasteiger partial charge in [0.2, 0.25) is 0 Å². The van der Waals surface area contributed by atoms with E-state index >= 15 is 0 Å². The van der Waals surface area contributed by atoms with Crippen molar-refractivity contribution in [2.45, 2.75) is 6.92 Å². The number of aryl methyl sites for hydroxylation is 1. The molecule has 2 rings (SSSR count). The summed E-state index contributed by atoms with van der Waals surface area (Å²) >= 11 is 3.39. The summed E-state index contributed by atoms with van der Waals surface area (Å²) in [7, 11) is 0. The first-order valence-corrected chi connectivity index (χ1v) is 6.43. The number of rotatable bonds is 3. The largest absolute Gasteiger partial charge is 0.457 e. The Balaban J connectivity index is 2.32. The van der Waals surface area contributed by atoms with Crippen LogP contribution in [-0.2, 0) is 0 Å². The Kier molecular flexibility index (Phi) is 4.01. The molecule has 0 heterocycles. The molecule has 0 bridgehead atoms. The third-order valence-electron chi connectivity index (χ3n) is 2.65. The van der Waals surface area contributed by atoms with Crippen LogP contribution in [0, 0.1) is 28.4 Å². The maximum absolute atomic E-state index is 10.7. The highest BCUT2D eigenvalue weighted by Gasteiger charge is 2.14. The second-order valence-electron chi connectivity index (χ2n) is 4.06. The molecule has 0 N–H and O–H groups in total. The fourth-order valence-corrected chi connectivity index (χ4v) is 1.89. The second-order valence-corrected chi connectivity index (χ2v) is 4.92. The Labute approximate surface area is 123 Å². The summed E-state index contributed by atoms with van der Waals surface area (Å²) in [6.45, 7) is 1.92.